The summed E-state index contributed by atoms with van der Waals surface area (Å²) in [5.74, 6) is 0.129. The molecule has 0 radical (unpaired) electrons. The molecule has 0 bridgehead atoms. The maximum atomic E-state index is 12.7. The molecule has 0 aliphatic rings. The molecule has 2 aromatic rings. The zero-order valence-corrected chi connectivity index (χ0v) is 16.2. The van der Waals surface area contributed by atoms with Gasteiger partial charge < -0.3 is 0 Å². The lowest BCUT2D eigenvalue weighted by Gasteiger charge is -2.14. The molecule has 0 heterocycles. The number of allylic oxidation sites excluding steroid dienone is 2. The van der Waals surface area contributed by atoms with Gasteiger partial charge in [-0.3, -0.25) is 4.79 Å². The normalized spacial score (nSPS) is 12.7. The molecule has 0 unspecified atom stereocenters. The van der Waals surface area contributed by atoms with E-state index in [4.69, 9.17) is 0 Å². The Kier molecular flexibility index (Phi) is 7.02. The standard InChI is InChI=1S/C23H28N2O/c1-6-7-12-21(16(2)3)22(23(26)17(4)5)25-24-20-14-13-18-10-8-9-11-19(18)15-20/h8-11,13-16H,4,6-7,12H2,1-3,5H3/b22-21+,25-24?. The Bertz CT molecular complexity index is 859. The Morgan fingerprint density at radius 2 is 1.81 bits per heavy atom. The van der Waals surface area contributed by atoms with E-state index >= 15 is 0 Å². The second-order valence-electron chi connectivity index (χ2n) is 6.97. The Labute approximate surface area is 156 Å². The molecule has 0 aliphatic heterocycles. The van der Waals surface area contributed by atoms with E-state index in [1.165, 1.54) is 0 Å². The zero-order chi connectivity index (χ0) is 19.1. The number of azo groups is 1. The summed E-state index contributed by atoms with van der Waals surface area (Å²) in [5.41, 5.74) is 2.75. The number of unbranched alkanes of at least 4 members (excludes halogenated alkanes) is 1. The van der Waals surface area contributed by atoms with E-state index in [1.807, 2.05) is 36.4 Å². The van der Waals surface area contributed by atoms with Crippen LogP contribution >= 0.6 is 0 Å². The van der Waals surface area contributed by atoms with Crippen LogP contribution in [0.3, 0.4) is 0 Å². The van der Waals surface area contributed by atoms with Crippen molar-refractivity contribution in [3.63, 3.8) is 0 Å². The summed E-state index contributed by atoms with van der Waals surface area (Å²) in [5, 5.41) is 11.0. The van der Waals surface area contributed by atoms with Crippen LogP contribution in [-0.4, -0.2) is 5.78 Å². The fourth-order valence-electron chi connectivity index (χ4n) is 2.85. The summed E-state index contributed by atoms with van der Waals surface area (Å²) in [6, 6.07) is 14.1. The molecular formula is C23H28N2O. The van der Waals surface area contributed by atoms with Crippen molar-refractivity contribution in [3.8, 4) is 0 Å². The first-order valence-corrected chi connectivity index (χ1v) is 9.27. The van der Waals surface area contributed by atoms with Crippen LogP contribution in [0.15, 0.2) is 76.1 Å². The third-order valence-corrected chi connectivity index (χ3v) is 4.40. The largest absolute Gasteiger partial charge is 0.287 e. The third kappa shape index (κ3) is 4.98. The number of Topliss-reactive ketones (excluding diaryl/α,β-unsaturated/α-hetero) is 1. The number of fused-ring (bicyclic) bond motifs is 1. The van der Waals surface area contributed by atoms with Crippen molar-refractivity contribution in [2.24, 2.45) is 16.1 Å². The van der Waals surface area contributed by atoms with Gasteiger partial charge in [-0.15, -0.1) is 5.11 Å². The van der Waals surface area contributed by atoms with Crippen molar-refractivity contribution in [2.45, 2.75) is 47.0 Å². The molecular weight excluding hydrogens is 320 g/mol. The first-order valence-electron chi connectivity index (χ1n) is 9.27. The van der Waals surface area contributed by atoms with E-state index in [9.17, 15) is 4.79 Å². The summed E-state index contributed by atoms with van der Waals surface area (Å²) in [6.07, 6.45) is 2.97. The maximum absolute atomic E-state index is 12.7. The smallest absolute Gasteiger partial charge is 0.208 e. The Balaban J connectivity index is 2.45. The Morgan fingerprint density at radius 1 is 1.12 bits per heavy atom. The van der Waals surface area contributed by atoms with Crippen molar-refractivity contribution in [3.05, 3.63) is 65.9 Å². The van der Waals surface area contributed by atoms with E-state index in [-0.39, 0.29) is 11.7 Å². The molecule has 0 spiro atoms. The lowest BCUT2D eigenvalue weighted by molar-refractivity contribution is -0.112. The van der Waals surface area contributed by atoms with Crippen molar-refractivity contribution < 1.29 is 4.79 Å². The molecule has 3 heteroatoms. The van der Waals surface area contributed by atoms with Gasteiger partial charge in [0.05, 0.1) is 5.69 Å². The van der Waals surface area contributed by atoms with Gasteiger partial charge in [0.25, 0.3) is 0 Å². The first-order chi connectivity index (χ1) is 12.4. The van der Waals surface area contributed by atoms with Gasteiger partial charge in [0.15, 0.2) is 0 Å². The summed E-state index contributed by atoms with van der Waals surface area (Å²) in [4.78, 5) is 12.7. The van der Waals surface area contributed by atoms with Crippen LogP contribution in [0.1, 0.15) is 47.0 Å². The molecule has 0 N–H and O–H groups in total. The topological polar surface area (TPSA) is 41.8 Å². The van der Waals surface area contributed by atoms with Crippen molar-refractivity contribution in [1.29, 1.82) is 0 Å². The van der Waals surface area contributed by atoms with E-state index in [2.05, 4.69) is 43.6 Å². The quantitative estimate of drug-likeness (QED) is 0.368. The lowest BCUT2D eigenvalue weighted by Crippen LogP contribution is -2.08. The summed E-state index contributed by atoms with van der Waals surface area (Å²) >= 11 is 0. The molecule has 0 amide bonds. The fourth-order valence-corrected chi connectivity index (χ4v) is 2.85. The minimum atomic E-state index is -0.116. The molecule has 0 saturated heterocycles. The number of nitrogens with zero attached hydrogens (tertiary/aromatic N) is 2. The van der Waals surface area contributed by atoms with Gasteiger partial charge in [-0.25, -0.2) is 0 Å². The molecule has 3 nitrogen and oxygen atoms in total. The summed E-state index contributed by atoms with van der Waals surface area (Å²) in [6.45, 7) is 11.9. The van der Waals surface area contributed by atoms with Crippen LogP contribution in [0.5, 0.6) is 0 Å². The average molecular weight is 348 g/mol. The maximum Gasteiger partial charge on any atom is 0.208 e. The number of hydrogen-bond acceptors (Lipinski definition) is 3. The van der Waals surface area contributed by atoms with E-state index < -0.39 is 0 Å². The predicted molar refractivity (Wildman–Crippen MR) is 110 cm³/mol. The van der Waals surface area contributed by atoms with Gasteiger partial charge in [0.1, 0.15) is 5.70 Å². The van der Waals surface area contributed by atoms with Gasteiger partial charge in [0, 0.05) is 0 Å². The Hall–Kier alpha value is -2.55. The van der Waals surface area contributed by atoms with E-state index in [0.29, 0.717) is 11.3 Å². The second-order valence-corrected chi connectivity index (χ2v) is 6.97. The number of benzene rings is 2. The molecule has 0 aromatic heterocycles. The third-order valence-electron chi connectivity index (χ3n) is 4.40. The van der Waals surface area contributed by atoms with Crippen LogP contribution in [0.25, 0.3) is 10.8 Å². The molecule has 2 rings (SSSR count). The van der Waals surface area contributed by atoms with Gasteiger partial charge in [-0.2, -0.15) is 5.11 Å². The van der Waals surface area contributed by atoms with Crippen molar-refractivity contribution >= 4 is 22.2 Å². The van der Waals surface area contributed by atoms with Crippen molar-refractivity contribution in [1.82, 2.24) is 0 Å². The van der Waals surface area contributed by atoms with Crippen LogP contribution in [0.4, 0.5) is 5.69 Å². The van der Waals surface area contributed by atoms with Gasteiger partial charge in [-0.1, -0.05) is 64.1 Å². The molecule has 0 aliphatic carbocycles. The predicted octanol–water partition coefficient (Wildman–Crippen LogP) is 7.17. The molecule has 2 aromatic carbocycles. The SMILES string of the molecule is C=C(C)C(=O)/C(N=Nc1ccc2ccccc2c1)=C(/CCCC)C(C)C. The lowest BCUT2D eigenvalue weighted by atomic mass is 9.93. The van der Waals surface area contributed by atoms with E-state index in [1.54, 1.807) is 6.92 Å². The van der Waals surface area contributed by atoms with Crippen LogP contribution in [-0.2, 0) is 4.79 Å². The number of rotatable bonds is 8. The van der Waals surface area contributed by atoms with Crippen LogP contribution < -0.4 is 0 Å². The average Bonchev–Trinajstić information content (AvgIpc) is 2.63. The zero-order valence-electron chi connectivity index (χ0n) is 16.2. The highest BCUT2D eigenvalue weighted by Gasteiger charge is 2.18. The molecule has 0 saturated carbocycles. The second kappa shape index (κ2) is 9.23. The van der Waals surface area contributed by atoms with Crippen molar-refractivity contribution in [2.75, 3.05) is 0 Å². The number of carbonyl (C=O) groups excluding carboxylic acids is 1. The van der Waals surface area contributed by atoms with Gasteiger partial charge >= 0.3 is 0 Å². The summed E-state index contributed by atoms with van der Waals surface area (Å²) < 4.78 is 0. The van der Waals surface area contributed by atoms with E-state index in [0.717, 1.165) is 41.3 Å². The first kappa shape index (κ1) is 19.8. The monoisotopic (exact) mass is 348 g/mol. The number of ketones is 1. The fraction of sp³-hybridized carbons (Fsp3) is 0.348. The highest BCUT2D eigenvalue weighted by Crippen LogP contribution is 2.27. The number of carbonyl (C=O) groups is 1. The molecule has 0 fully saturated rings. The number of hydrogen-bond donors (Lipinski definition) is 0. The highest BCUT2D eigenvalue weighted by molar-refractivity contribution is 6.07. The molecule has 26 heavy (non-hydrogen) atoms. The molecule has 136 valence electrons. The molecule has 0 atom stereocenters. The highest BCUT2D eigenvalue weighted by atomic mass is 16.1. The van der Waals surface area contributed by atoms with Crippen LogP contribution in [0.2, 0.25) is 0 Å². The van der Waals surface area contributed by atoms with Gasteiger partial charge in [-0.05, 0) is 59.7 Å². The van der Waals surface area contributed by atoms with Crippen LogP contribution in [0, 0.1) is 5.92 Å². The Morgan fingerprint density at radius 3 is 2.42 bits per heavy atom. The summed E-state index contributed by atoms with van der Waals surface area (Å²) in [7, 11) is 0. The minimum absolute atomic E-state index is 0.116. The van der Waals surface area contributed by atoms with Gasteiger partial charge in [0.2, 0.25) is 5.78 Å². The minimum Gasteiger partial charge on any atom is -0.287 e.